The van der Waals surface area contributed by atoms with E-state index in [1.165, 1.54) is 6.07 Å². The molecule has 3 aromatic rings. The first-order valence-corrected chi connectivity index (χ1v) is 7.05. The molecule has 0 aliphatic carbocycles. The van der Waals surface area contributed by atoms with Gasteiger partial charge in [-0.25, -0.2) is 4.39 Å². The molecule has 0 fully saturated rings. The maximum Gasteiger partial charge on any atom is 0.182 e. The van der Waals surface area contributed by atoms with Crippen LogP contribution in [0.2, 0.25) is 0 Å². The van der Waals surface area contributed by atoms with E-state index < -0.39 is 0 Å². The van der Waals surface area contributed by atoms with Gasteiger partial charge in [-0.3, -0.25) is 4.57 Å². The van der Waals surface area contributed by atoms with Crippen molar-refractivity contribution in [1.82, 2.24) is 9.55 Å². The number of ether oxygens (including phenoxy) is 1. The maximum absolute atomic E-state index is 13.7. The molecule has 0 unspecified atom stereocenters. The second kappa shape index (κ2) is 5.03. The highest BCUT2D eigenvalue weighted by Gasteiger charge is 2.11. The summed E-state index contributed by atoms with van der Waals surface area (Å²) in [4.78, 5) is 3.10. The zero-order chi connectivity index (χ0) is 14.3. The van der Waals surface area contributed by atoms with Gasteiger partial charge in [-0.2, -0.15) is 0 Å². The summed E-state index contributed by atoms with van der Waals surface area (Å²) in [6.07, 6.45) is 0. The quantitative estimate of drug-likeness (QED) is 0.683. The van der Waals surface area contributed by atoms with Crippen molar-refractivity contribution in [2.75, 3.05) is 7.11 Å². The van der Waals surface area contributed by atoms with Crippen LogP contribution in [0.15, 0.2) is 40.9 Å². The molecule has 102 valence electrons. The van der Waals surface area contributed by atoms with Crippen LogP contribution in [0.3, 0.4) is 0 Å². The fourth-order valence-electron chi connectivity index (χ4n) is 2.15. The van der Waals surface area contributed by atoms with Gasteiger partial charge in [0.05, 0.1) is 22.8 Å². The van der Waals surface area contributed by atoms with Crippen molar-refractivity contribution in [3.8, 4) is 11.4 Å². The van der Waals surface area contributed by atoms with Gasteiger partial charge in [0.2, 0.25) is 0 Å². The Labute approximate surface area is 128 Å². The number of nitrogens with one attached hydrogen (secondary N) is 1. The number of H-pyrrole nitrogens is 1. The predicted molar refractivity (Wildman–Crippen MR) is 82.7 cm³/mol. The van der Waals surface area contributed by atoms with E-state index in [4.69, 9.17) is 17.0 Å². The van der Waals surface area contributed by atoms with Gasteiger partial charge in [-0.15, -0.1) is 0 Å². The molecule has 2 aromatic carbocycles. The van der Waals surface area contributed by atoms with Gasteiger partial charge in [0.15, 0.2) is 4.77 Å². The Hall–Kier alpha value is -1.66. The standard InChI is InChI=1S/C14H10BrFN2OS/c1-19-12-4-2-3-11-13(12)17-14(20)18(11)8-5-6-9(15)10(16)7-8/h2-7H,1H3,(H,17,20). The summed E-state index contributed by atoms with van der Waals surface area (Å²) in [6, 6.07) is 10.5. The molecule has 0 aliphatic heterocycles. The van der Waals surface area contributed by atoms with Crippen molar-refractivity contribution >= 4 is 39.2 Å². The lowest BCUT2D eigenvalue weighted by Crippen LogP contribution is -1.95. The van der Waals surface area contributed by atoms with Crippen LogP contribution in [0.1, 0.15) is 0 Å². The number of para-hydroxylation sites is 1. The summed E-state index contributed by atoms with van der Waals surface area (Å²) in [6.45, 7) is 0. The number of hydrogen-bond acceptors (Lipinski definition) is 2. The molecule has 1 heterocycles. The van der Waals surface area contributed by atoms with Gasteiger partial charge in [0.25, 0.3) is 0 Å². The normalized spacial score (nSPS) is 10.9. The van der Waals surface area contributed by atoms with Gasteiger partial charge < -0.3 is 9.72 Å². The number of fused-ring (bicyclic) bond motifs is 1. The number of imidazole rings is 1. The molecule has 3 nitrogen and oxygen atoms in total. The lowest BCUT2D eigenvalue weighted by atomic mass is 10.2. The number of aromatic amines is 1. The van der Waals surface area contributed by atoms with Crippen molar-refractivity contribution in [1.29, 1.82) is 0 Å². The third-order valence-electron chi connectivity index (χ3n) is 3.06. The summed E-state index contributed by atoms with van der Waals surface area (Å²) in [5, 5.41) is 0. The first-order valence-electron chi connectivity index (χ1n) is 5.85. The van der Waals surface area contributed by atoms with Crippen LogP contribution in [0.5, 0.6) is 5.75 Å². The van der Waals surface area contributed by atoms with Crippen molar-refractivity contribution < 1.29 is 9.13 Å². The topological polar surface area (TPSA) is 29.9 Å². The lowest BCUT2D eigenvalue weighted by Gasteiger charge is -2.06. The molecule has 3 rings (SSSR count). The van der Waals surface area contributed by atoms with E-state index in [2.05, 4.69) is 20.9 Å². The number of aromatic nitrogens is 2. The summed E-state index contributed by atoms with van der Waals surface area (Å²) in [5.41, 5.74) is 2.30. The maximum atomic E-state index is 13.7. The predicted octanol–water partition coefficient (Wildman–Crippen LogP) is 4.60. The first-order chi connectivity index (χ1) is 9.61. The third kappa shape index (κ3) is 2.05. The minimum atomic E-state index is -0.332. The number of methoxy groups -OCH3 is 1. The number of nitrogens with zero attached hydrogens (tertiary/aromatic N) is 1. The van der Waals surface area contributed by atoms with Crippen molar-refractivity contribution in [2.45, 2.75) is 0 Å². The fourth-order valence-corrected chi connectivity index (χ4v) is 2.71. The number of benzene rings is 2. The highest BCUT2D eigenvalue weighted by Crippen LogP contribution is 2.28. The van der Waals surface area contributed by atoms with Crippen LogP contribution in [-0.4, -0.2) is 16.7 Å². The monoisotopic (exact) mass is 352 g/mol. The SMILES string of the molecule is COc1cccc2c1[nH]c(=S)n2-c1ccc(Br)c(F)c1. The van der Waals surface area contributed by atoms with E-state index in [0.29, 0.717) is 20.7 Å². The van der Waals surface area contributed by atoms with Crippen molar-refractivity contribution in [3.05, 3.63) is 51.5 Å². The molecule has 20 heavy (non-hydrogen) atoms. The first kappa shape index (κ1) is 13.3. The molecule has 0 radical (unpaired) electrons. The third-order valence-corrected chi connectivity index (χ3v) is 3.99. The minimum Gasteiger partial charge on any atom is -0.494 e. The van der Waals surface area contributed by atoms with E-state index in [9.17, 15) is 4.39 Å². The highest BCUT2D eigenvalue weighted by molar-refractivity contribution is 9.10. The Morgan fingerprint density at radius 1 is 1.30 bits per heavy atom. The zero-order valence-corrected chi connectivity index (χ0v) is 12.9. The van der Waals surface area contributed by atoms with Gasteiger partial charge in [-0.1, -0.05) is 6.07 Å². The van der Waals surface area contributed by atoms with E-state index in [1.807, 2.05) is 18.2 Å². The molecule has 6 heteroatoms. The second-order valence-corrected chi connectivity index (χ2v) is 5.46. The van der Waals surface area contributed by atoms with Crippen LogP contribution >= 0.6 is 28.1 Å². The van der Waals surface area contributed by atoms with Gasteiger partial charge in [-0.05, 0) is 58.5 Å². The number of rotatable bonds is 2. The second-order valence-electron chi connectivity index (χ2n) is 4.22. The van der Waals surface area contributed by atoms with Crippen LogP contribution in [0, 0.1) is 10.6 Å². The fraction of sp³-hybridized carbons (Fsp3) is 0.0714. The van der Waals surface area contributed by atoms with Crippen LogP contribution in [-0.2, 0) is 0 Å². The average molecular weight is 353 g/mol. The Balaban J connectivity index is 2.33. The molecule has 0 aliphatic rings. The largest absolute Gasteiger partial charge is 0.494 e. The summed E-state index contributed by atoms with van der Waals surface area (Å²) >= 11 is 8.48. The molecule has 0 bridgehead atoms. The van der Waals surface area contributed by atoms with Crippen LogP contribution < -0.4 is 4.74 Å². The Bertz CT molecular complexity index is 856. The van der Waals surface area contributed by atoms with E-state index in [1.54, 1.807) is 23.8 Å². The lowest BCUT2D eigenvalue weighted by molar-refractivity contribution is 0.419. The van der Waals surface area contributed by atoms with Crippen molar-refractivity contribution in [2.24, 2.45) is 0 Å². The summed E-state index contributed by atoms with van der Waals surface area (Å²) in [7, 11) is 1.60. The molecule has 0 saturated carbocycles. The molecular weight excluding hydrogens is 343 g/mol. The van der Waals surface area contributed by atoms with E-state index in [-0.39, 0.29) is 5.82 Å². The summed E-state index contributed by atoms with van der Waals surface area (Å²) in [5.74, 6) is 0.367. The Morgan fingerprint density at radius 3 is 2.80 bits per heavy atom. The van der Waals surface area contributed by atoms with E-state index >= 15 is 0 Å². The molecule has 0 atom stereocenters. The Kier molecular flexibility index (Phi) is 3.35. The van der Waals surface area contributed by atoms with Crippen molar-refractivity contribution in [3.63, 3.8) is 0 Å². The molecule has 1 N–H and O–H groups in total. The minimum absolute atomic E-state index is 0.332. The molecular formula is C14H10BrFN2OS. The van der Waals surface area contributed by atoms with E-state index in [0.717, 1.165) is 11.0 Å². The van der Waals surface area contributed by atoms with Gasteiger partial charge in [0, 0.05) is 0 Å². The van der Waals surface area contributed by atoms with Gasteiger partial charge in [0.1, 0.15) is 17.1 Å². The van der Waals surface area contributed by atoms with Gasteiger partial charge >= 0.3 is 0 Å². The number of hydrogen-bond donors (Lipinski definition) is 1. The smallest absolute Gasteiger partial charge is 0.182 e. The molecule has 0 saturated heterocycles. The van der Waals surface area contributed by atoms with Crippen LogP contribution in [0.4, 0.5) is 4.39 Å². The summed E-state index contributed by atoms with van der Waals surface area (Å²) < 4.78 is 21.7. The average Bonchev–Trinajstić information content (AvgIpc) is 2.78. The molecule has 1 aromatic heterocycles. The zero-order valence-electron chi connectivity index (χ0n) is 10.5. The Morgan fingerprint density at radius 2 is 2.10 bits per heavy atom. The number of halogens is 2. The molecule has 0 spiro atoms. The highest BCUT2D eigenvalue weighted by atomic mass is 79.9. The van der Waals surface area contributed by atoms with Crippen LogP contribution in [0.25, 0.3) is 16.7 Å². The molecule has 0 amide bonds.